The topological polar surface area (TPSA) is 40.7 Å². The molecule has 4 heteroatoms. The van der Waals surface area contributed by atoms with Gasteiger partial charge in [-0.25, -0.2) is 4.98 Å². The van der Waals surface area contributed by atoms with Crippen LogP contribution in [0, 0.1) is 5.92 Å². The van der Waals surface area contributed by atoms with Gasteiger partial charge in [-0.05, 0) is 54.6 Å². The molecule has 0 bridgehead atoms. The zero-order valence-electron chi connectivity index (χ0n) is 14.0. The Labute approximate surface area is 147 Å². The summed E-state index contributed by atoms with van der Waals surface area (Å²) in [6.07, 6.45) is 5.27. The normalized spacial score (nSPS) is 21.0. The smallest absolute Gasteiger partial charge is 0.110 e. The Morgan fingerprint density at radius 1 is 1.08 bits per heavy atom. The zero-order chi connectivity index (χ0) is 16.4. The van der Waals surface area contributed by atoms with Crippen LogP contribution in [0.5, 0.6) is 0 Å². The average Bonchev–Trinajstić information content (AvgIpc) is 3.04. The average molecular weight is 337 g/mol. The maximum Gasteiger partial charge on any atom is 0.110 e. The lowest BCUT2D eigenvalue weighted by molar-refractivity contribution is 0.321. The number of anilines is 1. The highest BCUT2D eigenvalue weighted by atomic mass is 32.2. The molecule has 1 aliphatic rings. The second-order valence-corrected chi connectivity index (χ2v) is 7.62. The van der Waals surface area contributed by atoms with Gasteiger partial charge < -0.3 is 9.71 Å². The summed E-state index contributed by atoms with van der Waals surface area (Å²) in [5.41, 5.74) is 3.29. The molecule has 1 aromatic heterocycles. The molecular formula is C20H23N3S. The minimum absolute atomic E-state index is 0.584. The first-order valence-corrected chi connectivity index (χ1v) is 9.59. The molecule has 2 atom stereocenters. The van der Waals surface area contributed by atoms with Crippen molar-refractivity contribution in [2.75, 3.05) is 4.72 Å². The second-order valence-electron chi connectivity index (χ2n) is 6.74. The van der Waals surface area contributed by atoms with Gasteiger partial charge in [-0.2, -0.15) is 0 Å². The van der Waals surface area contributed by atoms with Gasteiger partial charge in [0.15, 0.2) is 0 Å². The molecule has 1 saturated carbocycles. The van der Waals surface area contributed by atoms with Crippen LogP contribution in [-0.4, -0.2) is 9.97 Å². The maximum absolute atomic E-state index is 4.86. The van der Waals surface area contributed by atoms with Crippen LogP contribution in [-0.2, 0) is 0 Å². The number of nitrogens with one attached hydrogen (secondary N) is 2. The Hall–Kier alpha value is -1.94. The van der Waals surface area contributed by atoms with E-state index < -0.39 is 0 Å². The van der Waals surface area contributed by atoms with Crippen LogP contribution in [0.15, 0.2) is 53.4 Å². The van der Waals surface area contributed by atoms with Crippen LogP contribution < -0.4 is 4.72 Å². The van der Waals surface area contributed by atoms with Crippen molar-refractivity contribution in [3.05, 3.63) is 54.4 Å². The van der Waals surface area contributed by atoms with Crippen LogP contribution in [0.1, 0.15) is 44.3 Å². The van der Waals surface area contributed by atoms with Gasteiger partial charge in [-0.15, -0.1) is 0 Å². The van der Waals surface area contributed by atoms with E-state index in [1.807, 2.05) is 6.07 Å². The van der Waals surface area contributed by atoms with Gasteiger partial charge in [-0.1, -0.05) is 44.4 Å². The van der Waals surface area contributed by atoms with E-state index in [0.29, 0.717) is 5.92 Å². The Balaban J connectivity index is 1.52. The highest BCUT2D eigenvalue weighted by molar-refractivity contribution is 8.00. The van der Waals surface area contributed by atoms with Gasteiger partial charge in [0.1, 0.15) is 5.82 Å². The SMILES string of the molecule is CC1CCCCC1c1nc2ccc(NSc3ccccc3)cc2[nH]1. The number of aromatic amines is 1. The molecular weight excluding hydrogens is 314 g/mol. The lowest BCUT2D eigenvalue weighted by Gasteiger charge is -2.26. The lowest BCUT2D eigenvalue weighted by atomic mass is 9.80. The van der Waals surface area contributed by atoms with Crippen LogP contribution in [0.25, 0.3) is 11.0 Å². The van der Waals surface area contributed by atoms with Crippen molar-refractivity contribution in [3.8, 4) is 0 Å². The minimum Gasteiger partial charge on any atom is -0.342 e. The highest BCUT2D eigenvalue weighted by Crippen LogP contribution is 2.37. The summed E-state index contributed by atoms with van der Waals surface area (Å²) in [6.45, 7) is 2.36. The van der Waals surface area contributed by atoms with Gasteiger partial charge in [-0.3, -0.25) is 0 Å². The third-order valence-corrected chi connectivity index (χ3v) is 5.84. The van der Waals surface area contributed by atoms with E-state index in [9.17, 15) is 0 Å². The molecule has 0 spiro atoms. The molecule has 24 heavy (non-hydrogen) atoms. The third kappa shape index (κ3) is 3.29. The standard InChI is InChI=1S/C20H23N3S/c1-14-7-5-6-10-17(14)20-21-18-12-11-15(13-19(18)22-20)23-24-16-8-3-2-4-9-16/h2-4,8-9,11-14,17,23H,5-7,10H2,1H3,(H,21,22). The van der Waals surface area contributed by atoms with E-state index in [2.05, 4.69) is 59.1 Å². The first-order chi connectivity index (χ1) is 11.8. The molecule has 3 nitrogen and oxygen atoms in total. The number of hydrogen-bond donors (Lipinski definition) is 2. The minimum atomic E-state index is 0.584. The molecule has 0 saturated heterocycles. The summed E-state index contributed by atoms with van der Waals surface area (Å²) < 4.78 is 3.42. The molecule has 3 aromatic rings. The van der Waals surface area contributed by atoms with E-state index in [0.717, 1.165) is 22.6 Å². The molecule has 0 radical (unpaired) electrons. The van der Waals surface area contributed by atoms with E-state index in [-0.39, 0.29) is 0 Å². The van der Waals surface area contributed by atoms with E-state index in [1.54, 1.807) is 11.9 Å². The van der Waals surface area contributed by atoms with E-state index in [4.69, 9.17) is 4.98 Å². The summed E-state index contributed by atoms with van der Waals surface area (Å²) in [7, 11) is 0. The molecule has 2 aromatic carbocycles. The lowest BCUT2D eigenvalue weighted by Crippen LogP contribution is -2.15. The molecule has 124 valence electrons. The van der Waals surface area contributed by atoms with Crippen molar-refractivity contribution in [1.82, 2.24) is 9.97 Å². The van der Waals surface area contributed by atoms with Gasteiger partial charge in [0.2, 0.25) is 0 Å². The predicted octanol–water partition coefficient (Wildman–Crippen LogP) is 5.98. The van der Waals surface area contributed by atoms with Crippen molar-refractivity contribution in [1.29, 1.82) is 0 Å². The van der Waals surface area contributed by atoms with Crippen LogP contribution in [0.3, 0.4) is 0 Å². The number of benzene rings is 2. The predicted molar refractivity (Wildman–Crippen MR) is 102 cm³/mol. The van der Waals surface area contributed by atoms with Gasteiger partial charge in [0, 0.05) is 16.5 Å². The molecule has 1 heterocycles. The van der Waals surface area contributed by atoms with Crippen LogP contribution >= 0.6 is 11.9 Å². The fourth-order valence-electron chi connectivity index (χ4n) is 3.60. The van der Waals surface area contributed by atoms with Crippen molar-refractivity contribution >= 4 is 28.7 Å². The monoisotopic (exact) mass is 337 g/mol. The first-order valence-electron chi connectivity index (χ1n) is 8.77. The molecule has 0 amide bonds. The molecule has 1 aliphatic carbocycles. The van der Waals surface area contributed by atoms with Gasteiger partial charge in [0.05, 0.1) is 11.0 Å². The Morgan fingerprint density at radius 3 is 2.75 bits per heavy atom. The molecule has 1 fully saturated rings. The first kappa shape index (κ1) is 15.6. The number of rotatable bonds is 4. The molecule has 0 aliphatic heterocycles. The van der Waals surface area contributed by atoms with E-state index in [1.165, 1.54) is 36.4 Å². The summed E-state index contributed by atoms with van der Waals surface area (Å²) in [5, 5.41) is 0. The fourth-order valence-corrected chi connectivity index (χ4v) is 4.25. The molecule has 2 N–H and O–H groups in total. The number of aromatic nitrogens is 2. The van der Waals surface area contributed by atoms with Crippen LogP contribution in [0.2, 0.25) is 0 Å². The van der Waals surface area contributed by atoms with Crippen molar-refractivity contribution in [2.24, 2.45) is 5.92 Å². The van der Waals surface area contributed by atoms with E-state index >= 15 is 0 Å². The quantitative estimate of drug-likeness (QED) is 0.576. The third-order valence-electron chi connectivity index (χ3n) is 4.99. The number of imidazole rings is 1. The van der Waals surface area contributed by atoms with Crippen molar-refractivity contribution in [3.63, 3.8) is 0 Å². The Morgan fingerprint density at radius 2 is 1.92 bits per heavy atom. The van der Waals surface area contributed by atoms with Crippen molar-refractivity contribution < 1.29 is 0 Å². The van der Waals surface area contributed by atoms with Crippen LogP contribution in [0.4, 0.5) is 5.69 Å². The highest BCUT2D eigenvalue weighted by Gasteiger charge is 2.25. The second kappa shape index (κ2) is 6.89. The maximum atomic E-state index is 4.86. The zero-order valence-corrected chi connectivity index (χ0v) is 14.8. The Kier molecular flexibility index (Phi) is 4.48. The summed E-state index contributed by atoms with van der Waals surface area (Å²) in [6, 6.07) is 16.7. The molecule has 2 unspecified atom stereocenters. The summed E-state index contributed by atoms with van der Waals surface area (Å²) in [5.74, 6) is 2.48. The largest absolute Gasteiger partial charge is 0.342 e. The Bertz CT molecular complexity index is 812. The van der Waals surface area contributed by atoms with Crippen molar-refractivity contribution in [2.45, 2.75) is 43.4 Å². The number of H-pyrrole nitrogens is 1. The molecule has 4 rings (SSSR count). The summed E-state index contributed by atoms with van der Waals surface area (Å²) in [4.78, 5) is 9.64. The summed E-state index contributed by atoms with van der Waals surface area (Å²) >= 11 is 1.63. The number of nitrogens with zero attached hydrogens (tertiary/aromatic N) is 1. The number of fused-ring (bicyclic) bond motifs is 1. The van der Waals surface area contributed by atoms with Gasteiger partial charge >= 0.3 is 0 Å². The van der Waals surface area contributed by atoms with Gasteiger partial charge in [0.25, 0.3) is 0 Å². The number of hydrogen-bond acceptors (Lipinski definition) is 3. The fraction of sp³-hybridized carbons (Fsp3) is 0.350.